The summed E-state index contributed by atoms with van der Waals surface area (Å²) in [5, 5.41) is 2.63. The van der Waals surface area contributed by atoms with E-state index in [0.717, 1.165) is 41.3 Å². The predicted octanol–water partition coefficient (Wildman–Crippen LogP) is 6.14. The lowest BCUT2D eigenvalue weighted by atomic mass is 10.1. The molecule has 1 aliphatic heterocycles. The Morgan fingerprint density at radius 3 is 2.23 bits per heavy atom. The minimum Gasteiger partial charge on any atom is -0.406 e. The molecule has 0 aliphatic carbocycles. The van der Waals surface area contributed by atoms with Gasteiger partial charge in [0, 0.05) is 12.2 Å². The standard InChI is InChI=1S/C26H19F6N3O3S/c27-25(28,29)17-7-4-8-18(13-17)33-24(39)34(15-16-5-2-1-3-6-16)21-14-22(36)35(23(21)37)19-9-11-20(12-10-19)38-26(30,31)32/h1-13,21H,14-15H2,(H,33,39). The van der Waals surface area contributed by atoms with Crippen LogP contribution >= 0.6 is 12.2 Å². The molecule has 0 bridgehead atoms. The lowest BCUT2D eigenvalue weighted by Crippen LogP contribution is -2.46. The molecule has 39 heavy (non-hydrogen) atoms. The molecule has 3 aromatic rings. The highest BCUT2D eigenvalue weighted by molar-refractivity contribution is 7.80. The summed E-state index contributed by atoms with van der Waals surface area (Å²) in [4.78, 5) is 28.5. The van der Waals surface area contributed by atoms with E-state index in [2.05, 4.69) is 10.1 Å². The number of carbonyl (C=O) groups excluding carboxylic acids is 2. The third kappa shape index (κ3) is 6.85. The highest BCUT2D eigenvalue weighted by Crippen LogP contribution is 2.32. The average Bonchev–Trinajstić information content (AvgIpc) is 3.15. The van der Waals surface area contributed by atoms with Gasteiger partial charge in [-0.05, 0) is 60.2 Å². The van der Waals surface area contributed by atoms with E-state index in [4.69, 9.17) is 12.2 Å². The Kier molecular flexibility index (Phi) is 7.82. The van der Waals surface area contributed by atoms with Gasteiger partial charge in [0.1, 0.15) is 11.8 Å². The topological polar surface area (TPSA) is 61.9 Å². The molecule has 4 rings (SSSR count). The summed E-state index contributed by atoms with van der Waals surface area (Å²) in [6.07, 6.45) is -9.82. The summed E-state index contributed by atoms with van der Waals surface area (Å²) in [5.41, 5.74) is -0.139. The average molecular weight is 568 g/mol. The minimum absolute atomic E-state index is 0.0263. The maximum Gasteiger partial charge on any atom is 0.573 e. The number of alkyl halides is 6. The van der Waals surface area contributed by atoms with Gasteiger partial charge in [0.2, 0.25) is 5.91 Å². The van der Waals surface area contributed by atoms with E-state index in [1.54, 1.807) is 30.3 Å². The van der Waals surface area contributed by atoms with Gasteiger partial charge in [-0.1, -0.05) is 36.4 Å². The number of benzene rings is 3. The summed E-state index contributed by atoms with van der Waals surface area (Å²) >= 11 is 5.47. The number of nitrogens with one attached hydrogen (secondary N) is 1. The quantitative estimate of drug-likeness (QED) is 0.220. The molecule has 1 fully saturated rings. The normalized spacial score (nSPS) is 15.8. The number of carbonyl (C=O) groups is 2. The van der Waals surface area contributed by atoms with Crippen molar-refractivity contribution >= 4 is 40.5 Å². The van der Waals surface area contributed by atoms with Gasteiger partial charge in [-0.15, -0.1) is 13.2 Å². The molecule has 0 spiro atoms. The van der Waals surface area contributed by atoms with Crippen LogP contribution in [0.15, 0.2) is 78.9 Å². The van der Waals surface area contributed by atoms with Gasteiger partial charge < -0.3 is 15.0 Å². The predicted molar refractivity (Wildman–Crippen MR) is 134 cm³/mol. The highest BCUT2D eigenvalue weighted by atomic mass is 32.1. The first-order valence-corrected chi connectivity index (χ1v) is 11.7. The van der Waals surface area contributed by atoms with Crippen LogP contribution in [-0.2, 0) is 22.3 Å². The van der Waals surface area contributed by atoms with E-state index in [1.165, 1.54) is 17.0 Å². The number of rotatable bonds is 6. The molecule has 1 heterocycles. The van der Waals surface area contributed by atoms with Gasteiger partial charge in [0.05, 0.1) is 17.7 Å². The van der Waals surface area contributed by atoms with E-state index in [9.17, 15) is 35.9 Å². The van der Waals surface area contributed by atoms with Crippen LogP contribution in [0, 0.1) is 0 Å². The van der Waals surface area contributed by atoms with Crippen molar-refractivity contribution in [3.8, 4) is 5.75 Å². The zero-order valence-corrected chi connectivity index (χ0v) is 20.6. The number of imide groups is 1. The number of hydrogen-bond donors (Lipinski definition) is 1. The van der Waals surface area contributed by atoms with Gasteiger partial charge in [0.15, 0.2) is 5.11 Å². The largest absolute Gasteiger partial charge is 0.573 e. The van der Waals surface area contributed by atoms with E-state index in [0.29, 0.717) is 5.56 Å². The molecular weight excluding hydrogens is 548 g/mol. The number of amides is 2. The maximum atomic E-state index is 13.4. The fraction of sp³-hybridized carbons (Fsp3) is 0.192. The molecule has 204 valence electrons. The first-order chi connectivity index (χ1) is 18.3. The summed E-state index contributed by atoms with van der Waals surface area (Å²) in [6, 6.07) is 16.2. The van der Waals surface area contributed by atoms with Crippen LogP contribution < -0.4 is 15.0 Å². The Morgan fingerprint density at radius 2 is 1.62 bits per heavy atom. The molecule has 3 aromatic carbocycles. The first-order valence-electron chi connectivity index (χ1n) is 11.3. The fourth-order valence-electron chi connectivity index (χ4n) is 4.00. The number of ether oxygens (including phenoxy) is 1. The Labute approximate surface area is 223 Å². The summed E-state index contributed by atoms with van der Waals surface area (Å²) < 4.78 is 80.8. The van der Waals surface area contributed by atoms with E-state index < -0.39 is 41.7 Å². The lowest BCUT2D eigenvalue weighted by Gasteiger charge is -2.30. The Balaban J connectivity index is 1.60. The van der Waals surface area contributed by atoms with E-state index in [-0.39, 0.29) is 29.5 Å². The zero-order valence-electron chi connectivity index (χ0n) is 19.8. The summed E-state index contributed by atoms with van der Waals surface area (Å²) in [5.74, 6) is -1.86. The van der Waals surface area contributed by atoms with Crippen LogP contribution in [0.3, 0.4) is 0 Å². The van der Waals surface area contributed by atoms with Crippen LogP contribution in [0.5, 0.6) is 5.75 Å². The maximum absolute atomic E-state index is 13.4. The van der Waals surface area contributed by atoms with Gasteiger partial charge in [-0.3, -0.25) is 9.59 Å². The molecule has 0 saturated carbocycles. The van der Waals surface area contributed by atoms with Crippen LogP contribution in [0.1, 0.15) is 17.5 Å². The number of halogens is 6. The van der Waals surface area contributed by atoms with Gasteiger partial charge in [-0.2, -0.15) is 13.2 Å². The zero-order chi connectivity index (χ0) is 28.4. The summed E-state index contributed by atoms with van der Waals surface area (Å²) in [6.45, 7) is 0.0432. The monoisotopic (exact) mass is 567 g/mol. The van der Waals surface area contributed by atoms with Crippen molar-refractivity contribution in [1.29, 1.82) is 0 Å². The van der Waals surface area contributed by atoms with E-state index in [1.807, 2.05) is 0 Å². The van der Waals surface area contributed by atoms with Crippen molar-refractivity contribution in [3.05, 3.63) is 90.0 Å². The molecule has 13 heteroatoms. The van der Waals surface area contributed by atoms with Crippen LogP contribution in [-0.4, -0.2) is 34.2 Å². The van der Waals surface area contributed by atoms with Gasteiger partial charge in [-0.25, -0.2) is 4.90 Å². The molecule has 1 atom stereocenters. The number of hydrogen-bond acceptors (Lipinski definition) is 4. The molecular formula is C26H19F6N3O3S. The summed E-state index contributed by atoms with van der Waals surface area (Å²) in [7, 11) is 0. The number of thiocarbonyl (C=S) groups is 1. The third-order valence-corrected chi connectivity index (χ3v) is 6.06. The Morgan fingerprint density at radius 1 is 0.949 bits per heavy atom. The third-order valence-electron chi connectivity index (χ3n) is 5.73. The van der Waals surface area contributed by atoms with Crippen molar-refractivity contribution in [2.75, 3.05) is 10.2 Å². The molecule has 2 amide bonds. The van der Waals surface area contributed by atoms with Crippen molar-refractivity contribution in [2.24, 2.45) is 0 Å². The molecule has 0 radical (unpaired) electrons. The minimum atomic E-state index is -4.91. The molecule has 1 unspecified atom stereocenters. The molecule has 1 N–H and O–H groups in total. The van der Waals surface area contributed by atoms with Crippen LogP contribution in [0.4, 0.5) is 37.7 Å². The van der Waals surface area contributed by atoms with Crippen molar-refractivity contribution < 1.29 is 40.7 Å². The molecule has 1 aliphatic rings. The highest BCUT2D eigenvalue weighted by Gasteiger charge is 2.44. The van der Waals surface area contributed by atoms with Gasteiger partial charge >= 0.3 is 12.5 Å². The van der Waals surface area contributed by atoms with Crippen molar-refractivity contribution in [2.45, 2.75) is 31.5 Å². The van der Waals surface area contributed by atoms with Crippen molar-refractivity contribution in [3.63, 3.8) is 0 Å². The van der Waals surface area contributed by atoms with E-state index >= 15 is 0 Å². The van der Waals surface area contributed by atoms with Crippen LogP contribution in [0.25, 0.3) is 0 Å². The number of nitrogens with zero attached hydrogens (tertiary/aromatic N) is 2. The second-order valence-electron chi connectivity index (χ2n) is 8.45. The SMILES string of the molecule is O=C1CC(N(Cc2ccccc2)C(=S)Nc2cccc(C(F)(F)F)c2)C(=O)N1c1ccc(OC(F)(F)F)cc1. The van der Waals surface area contributed by atoms with Gasteiger partial charge in [0.25, 0.3) is 5.91 Å². The van der Waals surface area contributed by atoms with Crippen molar-refractivity contribution in [1.82, 2.24) is 4.90 Å². The molecule has 6 nitrogen and oxygen atoms in total. The Hall–Kier alpha value is -4.13. The number of anilines is 2. The lowest BCUT2D eigenvalue weighted by molar-refractivity contribution is -0.274. The van der Waals surface area contributed by atoms with Crippen LogP contribution in [0.2, 0.25) is 0 Å². The second-order valence-corrected chi connectivity index (χ2v) is 8.84. The molecule has 1 saturated heterocycles. The molecule has 0 aromatic heterocycles. The fourth-order valence-corrected chi connectivity index (χ4v) is 4.31. The Bertz CT molecular complexity index is 1360. The first kappa shape index (κ1) is 27.9. The smallest absolute Gasteiger partial charge is 0.406 e. The second kappa shape index (κ2) is 10.9.